The largest absolute Gasteiger partial charge is 0.326 e. The maximum atomic E-state index is 13.1. The van der Waals surface area contributed by atoms with Gasteiger partial charge in [-0.3, -0.25) is 9.78 Å². The zero-order valence-corrected chi connectivity index (χ0v) is 16.8. The fraction of sp³-hybridized carbons (Fsp3) is 0.360. The van der Waals surface area contributed by atoms with Crippen LogP contribution in [0.1, 0.15) is 50.5 Å². The first-order chi connectivity index (χ1) is 14.2. The van der Waals surface area contributed by atoms with E-state index in [1.807, 2.05) is 12.3 Å². The van der Waals surface area contributed by atoms with Crippen molar-refractivity contribution in [2.75, 3.05) is 5.32 Å². The first kappa shape index (κ1) is 19.6. The van der Waals surface area contributed by atoms with Gasteiger partial charge in [-0.25, -0.2) is 4.39 Å². The molecule has 1 aromatic heterocycles. The van der Waals surface area contributed by atoms with Crippen molar-refractivity contribution in [3.8, 4) is 0 Å². The van der Waals surface area contributed by atoms with Gasteiger partial charge in [-0.2, -0.15) is 0 Å². The number of aromatic nitrogens is 1. The molecule has 4 heteroatoms. The summed E-state index contributed by atoms with van der Waals surface area (Å²) in [6, 6.07) is 16.5. The number of carbonyl (C=O) groups excluding carboxylic acids is 1. The van der Waals surface area contributed by atoms with Gasteiger partial charge in [0.1, 0.15) is 5.82 Å². The Kier molecular flexibility index (Phi) is 5.89. The van der Waals surface area contributed by atoms with Gasteiger partial charge in [0, 0.05) is 23.2 Å². The molecule has 0 saturated heterocycles. The molecule has 1 atom stereocenters. The first-order valence-corrected chi connectivity index (χ1v) is 10.6. The quantitative estimate of drug-likeness (QED) is 0.554. The lowest BCUT2D eigenvalue weighted by molar-refractivity contribution is -0.122. The maximum Gasteiger partial charge on any atom is 0.227 e. The van der Waals surface area contributed by atoms with Crippen LogP contribution in [-0.4, -0.2) is 10.9 Å². The van der Waals surface area contributed by atoms with Crippen LogP contribution in [0, 0.1) is 17.7 Å². The van der Waals surface area contributed by atoms with Crippen molar-refractivity contribution in [1.29, 1.82) is 0 Å². The Labute approximate surface area is 171 Å². The number of benzene rings is 2. The molecule has 0 spiro atoms. The molecule has 0 bridgehead atoms. The zero-order chi connectivity index (χ0) is 20.2. The molecule has 2 aromatic carbocycles. The number of carbonyl (C=O) groups is 1. The predicted octanol–water partition coefficient (Wildman–Crippen LogP) is 6.31. The average Bonchev–Trinajstić information content (AvgIpc) is 2.76. The molecule has 1 N–H and O–H groups in total. The van der Waals surface area contributed by atoms with E-state index in [1.165, 1.54) is 23.1 Å². The number of pyridine rings is 1. The molecule has 1 aliphatic rings. The number of nitrogens with zero attached hydrogens (tertiary/aromatic N) is 1. The highest BCUT2D eigenvalue weighted by Gasteiger charge is 2.32. The molecular weight excluding hydrogens is 363 g/mol. The Morgan fingerprint density at radius 3 is 2.52 bits per heavy atom. The van der Waals surface area contributed by atoms with E-state index in [9.17, 15) is 9.18 Å². The van der Waals surface area contributed by atoms with E-state index in [0.29, 0.717) is 17.5 Å². The highest BCUT2D eigenvalue weighted by Crippen LogP contribution is 2.41. The number of fused-ring (bicyclic) bond motifs is 1. The summed E-state index contributed by atoms with van der Waals surface area (Å²) in [6.07, 6.45) is 7.03. The van der Waals surface area contributed by atoms with Gasteiger partial charge in [-0.1, -0.05) is 25.1 Å². The number of para-hydroxylation sites is 1. The monoisotopic (exact) mass is 390 g/mol. The highest BCUT2D eigenvalue weighted by atomic mass is 19.1. The molecule has 1 aliphatic carbocycles. The van der Waals surface area contributed by atoms with Crippen molar-refractivity contribution in [2.45, 2.75) is 44.9 Å². The SMILES string of the molecule is CCC(C(=O)Nc1ccc(F)cc1)[C@H]1CC[C@H](c2ccnc3ccccc32)CC1. The summed E-state index contributed by atoms with van der Waals surface area (Å²) in [6.45, 7) is 2.08. The van der Waals surface area contributed by atoms with Crippen LogP contribution >= 0.6 is 0 Å². The molecule has 150 valence electrons. The molecule has 1 fully saturated rings. The van der Waals surface area contributed by atoms with Crippen molar-refractivity contribution in [1.82, 2.24) is 4.98 Å². The molecule has 4 rings (SSSR count). The van der Waals surface area contributed by atoms with Gasteiger partial charge in [0.25, 0.3) is 0 Å². The molecular formula is C25H27FN2O. The number of rotatable bonds is 5. The van der Waals surface area contributed by atoms with E-state index in [0.717, 1.165) is 37.6 Å². The summed E-state index contributed by atoms with van der Waals surface area (Å²) in [4.78, 5) is 17.3. The van der Waals surface area contributed by atoms with Crippen LogP contribution in [0.2, 0.25) is 0 Å². The number of amides is 1. The number of nitrogens with one attached hydrogen (secondary N) is 1. The van der Waals surface area contributed by atoms with Crippen LogP contribution in [0.5, 0.6) is 0 Å². The number of halogens is 1. The molecule has 1 saturated carbocycles. The van der Waals surface area contributed by atoms with Gasteiger partial charge in [0.05, 0.1) is 5.52 Å². The molecule has 1 amide bonds. The molecule has 1 heterocycles. The zero-order valence-electron chi connectivity index (χ0n) is 16.8. The Balaban J connectivity index is 1.42. The van der Waals surface area contributed by atoms with Gasteiger partial charge in [0.15, 0.2) is 0 Å². The molecule has 3 nitrogen and oxygen atoms in total. The van der Waals surface area contributed by atoms with Crippen LogP contribution in [0.3, 0.4) is 0 Å². The van der Waals surface area contributed by atoms with Gasteiger partial charge in [-0.05, 0) is 85.9 Å². The van der Waals surface area contributed by atoms with E-state index in [4.69, 9.17) is 0 Å². The van der Waals surface area contributed by atoms with Gasteiger partial charge in [0.2, 0.25) is 5.91 Å². The lowest BCUT2D eigenvalue weighted by atomic mass is 9.72. The Morgan fingerprint density at radius 2 is 1.79 bits per heavy atom. The molecule has 0 aliphatic heterocycles. The van der Waals surface area contributed by atoms with Crippen molar-refractivity contribution in [3.63, 3.8) is 0 Å². The second-order valence-electron chi connectivity index (χ2n) is 8.04. The van der Waals surface area contributed by atoms with Crippen molar-refractivity contribution >= 4 is 22.5 Å². The summed E-state index contributed by atoms with van der Waals surface area (Å²) in [5.41, 5.74) is 3.10. The third kappa shape index (κ3) is 4.31. The summed E-state index contributed by atoms with van der Waals surface area (Å²) in [7, 11) is 0. The summed E-state index contributed by atoms with van der Waals surface area (Å²) in [5, 5.41) is 4.22. The Hall–Kier alpha value is -2.75. The van der Waals surface area contributed by atoms with Crippen LogP contribution in [-0.2, 0) is 4.79 Å². The van der Waals surface area contributed by atoms with Crippen molar-refractivity contribution in [2.24, 2.45) is 11.8 Å². The summed E-state index contributed by atoms with van der Waals surface area (Å²) in [5.74, 6) is 0.672. The minimum atomic E-state index is -0.294. The fourth-order valence-corrected chi connectivity index (χ4v) is 4.81. The van der Waals surface area contributed by atoms with Crippen molar-refractivity contribution in [3.05, 3.63) is 72.2 Å². The van der Waals surface area contributed by atoms with Crippen molar-refractivity contribution < 1.29 is 9.18 Å². The lowest BCUT2D eigenvalue weighted by Crippen LogP contribution is -2.31. The second kappa shape index (κ2) is 8.73. The Morgan fingerprint density at radius 1 is 1.07 bits per heavy atom. The molecule has 0 radical (unpaired) electrons. The second-order valence-corrected chi connectivity index (χ2v) is 8.04. The van der Waals surface area contributed by atoms with E-state index >= 15 is 0 Å². The summed E-state index contributed by atoms with van der Waals surface area (Å²) >= 11 is 0. The van der Waals surface area contributed by atoms with Gasteiger partial charge < -0.3 is 5.32 Å². The van der Waals surface area contributed by atoms with E-state index in [-0.39, 0.29) is 17.6 Å². The maximum absolute atomic E-state index is 13.1. The topological polar surface area (TPSA) is 42.0 Å². The minimum absolute atomic E-state index is 0.00446. The van der Waals surface area contributed by atoms with Crippen LogP contribution in [0.25, 0.3) is 10.9 Å². The number of hydrogen-bond donors (Lipinski definition) is 1. The lowest BCUT2D eigenvalue weighted by Gasteiger charge is -2.33. The third-order valence-corrected chi connectivity index (χ3v) is 6.35. The van der Waals surface area contributed by atoms with E-state index < -0.39 is 0 Å². The Bertz CT molecular complexity index is 972. The van der Waals surface area contributed by atoms with E-state index in [2.05, 4.69) is 41.5 Å². The first-order valence-electron chi connectivity index (χ1n) is 10.6. The van der Waals surface area contributed by atoms with Gasteiger partial charge in [-0.15, -0.1) is 0 Å². The number of anilines is 1. The van der Waals surface area contributed by atoms with Crippen LogP contribution in [0.15, 0.2) is 60.8 Å². The van der Waals surface area contributed by atoms with Gasteiger partial charge >= 0.3 is 0 Å². The van der Waals surface area contributed by atoms with E-state index in [1.54, 1.807) is 12.1 Å². The highest BCUT2D eigenvalue weighted by molar-refractivity contribution is 5.92. The standard InChI is InChI=1S/C25H27FN2O/c1-2-21(25(29)28-20-13-11-19(26)12-14-20)17-7-9-18(10-8-17)22-15-16-27-24-6-4-3-5-23(22)24/h3-6,11-18,21H,2,7-10H2,1H3,(H,28,29)/t17-,18-,21?. The predicted molar refractivity (Wildman–Crippen MR) is 115 cm³/mol. The normalized spacial score (nSPS) is 20.3. The van der Waals surface area contributed by atoms with Crippen LogP contribution < -0.4 is 5.32 Å². The van der Waals surface area contributed by atoms with Crippen LogP contribution in [0.4, 0.5) is 10.1 Å². The smallest absolute Gasteiger partial charge is 0.227 e. The minimum Gasteiger partial charge on any atom is -0.326 e. The average molecular weight is 391 g/mol. The summed E-state index contributed by atoms with van der Waals surface area (Å²) < 4.78 is 13.1. The number of hydrogen-bond acceptors (Lipinski definition) is 2. The molecule has 1 unspecified atom stereocenters. The molecule has 29 heavy (non-hydrogen) atoms. The third-order valence-electron chi connectivity index (χ3n) is 6.35. The fourth-order valence-electron chi connectivity index (χ4n) is 4.81. The molecule has 3 aromatic rings.